The van der Waals surface area contributed by atoms with Gasteiger partial charge in [-0.3, -0.25) is 18.6 Å². The molecule has 10 nitrogen and oxygen atoms in total. The maximum atomic E-state index is 12.6. The molecule has 0 saturated heterocycles. The summed E-state index contributed by atoms with van der Waals surface area (Å²) in [5.41, 5.74) is 0. The van der Waals surface area contributed by atoms with Gasteiger partial charge in [0, 0.05) is 12.8 Å². The number of rotatable bonds is 39. The third-order valence-electron chi connectivity index (χ3n) is 8.81. The summed E-state index contributed by atoms with van der Waals surface area (Å²) in [6, 6.07) is 0. The average Bonchev–Trinajstić information content (AvgIpc) is 3.14. The summed E-state index contributed by atoms with van der Waals surface area (Å²) < 4.78 is 32.6. The molecule has 0 spiro atoms. The van der Waals surface area contributed by atoms with Crippen molar-refractivity contribution in [1.82, 2.24) is 0 Å². The van der Waals surface area contributed by atoms with E-state index in [9.17, 15) is 24.2 Å². The van der Waals surface area contributed by atoms with Gasteiger partial charge in [-0.25, -0.2) is 4.57 Å². The zero-order valence-electron chi connectivity index (χ0n) is 33.5. The molecule has 11 heteroatoms. The number of aliphatic hydroxyl groups excluding tert-OH is 2. The highest BCUT2D eigenvalue weighted by Crippen LogP contribution is 2.43. The average molecular weight is 773 g/mol. The van der Waals surface area contributed by atoms with Crippen molar-refractivity contribution in [2.45, 2.75) is 193 Å². The molecular weight excluding hydrogens is 695 g/mol. The Labute approximate surface area is 322 Å². The van der Waals surface area contributed by atoms with E-state index in [4.69, 9.17) is 19.1 Å². The standard InChI is InChI=1S/C42H77O10P/c1-3-5-7-9-11-13-15-17-18-19-20-22-23-25-27-29-31-33-41(45)49-37-40(38-51-53(47,48)50-36-39(44)35-43)52-42(46)34-32-30-28-26-24-21-16-14-12-10-8-6-4-2/h6,8,12,14,21,24,39-40,43-44H,3-5,7,9-11,13,15-20,22-23,25-38H2,1-2H3,(H,47,48)/b8-6-,14-12-,24-21-. The lowest BCUT2D eigenvalue weighted by atomic mass is 10.0. The number of hydrogen-bond donors (Lipinski definition) is 3. The van der Waals surface area contributed by atoms with Gasteiger partial charge in [-0.2, -0.15) is 0 Å². The molecule has 0 aromatic carbocycles. The topological polar surface area (TPSA) is 149 Å². The minimum atomic E-state index is -4.62. The molecule has 0 aromatic heterocycles. The molecule has 3 N–H and O–H groups in total. The highest BCUT2D eigenvalue weighted by Gasteiger charge is 2.27. The van der Waals surface area contributed by atoms with Crippen LogP contribution in [0.1, 0.15) is 181 Å². The molecule has 3 atom stereocenters. The minimum Gasteiger partial charge on any atom is -0.462 e. The highest BCUT2D eigenvalue weighted by atomic mass is 31.2. The van der Waals surface area contributed by atoms with E-state index in [1.54, 1.807) is 0 Å². The Kier molecular flexibility index (Phi) is 37.2. The molecule has 0 aliphatic heterocycles. The second-order valence-corrected chi connectivity index (χ2v) is 15.4. The van der Waals surface area contributed by atoms with Gasteiger partial charge in [0.25, 0.3) is 0 Å². The van der Waals surface area contributed by atoms with Crippen molar-refractivity contribution in [3.05, 3.63) is 36.5 Å². The fourth-order valence-corrected chi connectivity index (χ4v) is 6.39. The zero-order chi connectivity index (χ0) is 39.1. The van der Waals surface area contributed by atoms with Gasteiger partial charge in [0.1, 0.15) is 12.7 Å². The van der Waals surface area contributed by atoms with E-state index in [0.29, 0.717) is 12.8 Å². The van der Waals surface area contributed by atoms with Crippen LogP contribution in [0.4, 0.5) is 0 Å². The van der Waals surface area contributed by atoms with Crippen molar-refractivity contribution in [2.24, 2.45) is 0 Å². The lowest BCUT2D eigenvalue weighted by molar-refractivity contribution is -0.161. The number of phosphoric ester groups is 1. The third kappa shape index (κ3) is 38.3. The molecule has 0 rings (SSSR count). The van der Waals surface area contributed by atoms with Crippen LogP contribution in [-0.2, 0) is 32.7 Å². The van der Waals surface area contributed by atoms with Crippen LogP contribution < -0.4 is 0 Å². The van der Waals surface area contributed by atoms with Crippen molar-refractivity contribution in [3.63, 3.8) is 0 Å². The van der Waals surface area contributed by atoms with Gasteiger partial charge in [0.15, 0.2) is 6.10 Å². The van der Waals surface area contributed by atoms with E-state index in [2.05, 4.69) is 54.8 Å². The molecule has 0 heterocycles. The Bertz CT molecular complexity index is 983. The Hall–Kier alpha value is -1.81. The molecule has 0 amide bonds. The number of ether oxygens (including phenoxy) is 2. The second-order valence-electron chi connectivity index (χ2n) is 14.0. The Morgan fingerprint density at radius 3 is 1.57 bits per heavy atom. The monoisotopic (exact) mass is 773 g/mol. The number of unbranched alkanes of at least 4 members (excludes halogenated alkanes) is 19. The molecule has 0 aliphatic carbocycles. The van der Waals surface area contributed by atoms with Crippen molar-refractivity contribution >= 4 is 19.8 Å². The van der Waals surface area contributed by atoms with Crippen LogP contribution in [0.3, 0.4) is 0 Å². The van der Waals surface area contributed by atoms with Crippen LogP contribution in [0.25, 0.3) is 0 Å². The first kappa shape index (κ1) is 51.2. The summed E-state index contributed by atoms with van der Waals surface area (Å²) in [6.45, 7) is 2.24. The maximum absolute atomic E-state index is 12.6. The lowest BCUT2D eigenvalue weighted by Gasteiger charge is -2.20. The second kappa shape index (κ2) is 38.5. The molecule has 310 valence electrons. The number of phosphoric acid groups is 1. The first-order valence-corrected chi connectivity index (χ1v) is 22.4. The Balaban J connectivity index is 4.31. The van der Waals surface area contributed by atoms with E-state index in [1.165, 1.54) is 83.5 Å². The molecule has 0 saturated carbocycles. The molecule has 0 bridgehead atoms. The van der Waals surface area contributed by atoms with E-state index in [-0.39, 0.29) is 19.4 Å². The van der Waals surface area contributed by atoms with E-state index >= 15 is 0 Å². The van der Waals surface area contributed by atoms with Gasteiger partial charge in [-0.05, 0) is 44.9 Å². The number of allylic oxidation sites excluding steroid dienone is 6. The van der Waals surface area contributed by atoms with Crippen LogP contribution in [0, 0.1) is 0 Å². The largest absolute Gasteiger partial charge is 0.472 e. The highest BCUT2D eigenvalue weighted by molar-refractivity contribution is 7.47. The van der Waals surface area contributed by atoms with Crippen molar-refractivity contribution in [2.75, 3.05) is 26.4 Å². The SMILES string of the molecule is CC/C=C\C/C=C\C/C=C\CCCCCC(=O)OC(COC(=O)CCCCCCCCCCCCCCCCCCC)COP(=O)(O)OCC(O)CO. The van der Waals surface area contributed by atoms with Gasteiger partial charge in [-0.15, -0.1) is 0 Å². The zero-order valence-corrected chi connectivity index (χ0v) is 34.4. The third-order valence-corrected chi connectivity index (χ3v) is 9.76. The van der Waals surface area contributed by atoms with Crippen LogP contribution in [0.2, 0.25) is 0 Å². The van der Waals surface area contributed by atoms with Gasteiger partial charge < -0.3 is 24.6 Å². The smallest absolute Gasteiger partial charge is 0.462 e. The maximum Gasteiger partial charge on any atom is 0.472 e. The Morgan fingerprint density at radius 1 is 0.585 bits per heavy atom. The predicted molar refractivity (Wildman–Crippen MR) is 214 cm³/mol. The number of aliphatic hydroxyl groups is 2. The number of carbonyl (C=O) groups is 2. The van der Waals surface area contributed by atoms with Crippen LogP contribution in [-0.4, -0.2) is 65.7 Å². The van der Waals surface area contributed by atoms with Crippen molar-refractivity contribution in [3.8, 4) is 0 Å². The summed E-state index contributed by atoms with van der Waals surface area (Å²) in [7, 11) is -4.62. The molecule has 0 fully saturated rings. The summed E-state index contributed by atoms with van der Waals surface area (Å²) in [4.78, 5) is 34.9. The number of hydrogen-bond acceptors (Lipinski definition) is 9. The van der Waals surface area contributed by atoms with Crippen molar-refractivity contribution < 1.29 is 47.8 Å². The predicted octanol–water partition coefficient (Wildman–Crippen LogP) is 10.8. The quantitative estimate of drug-likeness (QED) is 0.0238. The summed E-state index contributed by atoms with van der Waals surface area (Å²) >= 11 is 0. The van der Waals surface area contributed by atoms with E-state index in [0.717, 1.165) is 57.8 Å². The first-order valence-electron chi connectivity index (χ1n) is 20.9. The summed E-state index contributed by atoms with van der Waals surface area (Å²) in [5, 5.41) is 18.3. The molecular formula is C42H77O10P. The number of carbonyl (C=O) groups excluding carboxylic acids is 2. The van der Waals surface area contributed by atoms with Gasteiger partial charge in [0.05, 0.1) is 19.8 Å². The molecule has 0 radical (unpaired) electrons. The molecule has 3 unspecified atom stereocenters. The summed E-state index contributed by atoms with van der Waals surface area (Å²) in [6.07, 6.45) is 38.3. The van der Waals surface area contributed by atoms with Crippen LogP contribution in [0.15, 0.2) is 36.5 Å². The van der Waals surface area contributed by atoms with Crippen LogP contribution >= 0.6 is 7.82 Å². The van der Waals surface area contributed by atoms with Crippen molar-refractivity contribution in [1.29, 1.82) is 0 Å². The molecule has 53 heavy (non-hydrogen) atoms. The summed E-state index contributed by atoms with van der Waals surface area (Å²) in [5.74, 6) is -0.955. The van der Waals surface area contributed by atoms with Crippen LogP contribution in [0.5, 0.6) is 0 Å². The van der Waals surface area contributed by atoms with E-state index < -0.39 is 51.8 Å². The minimum absolute atomic E-state index is 0.150. The molecule has 0 aromatic rings. The fourth-order valence-electron chi connectivity index (χ4n) is 5.60. The normalized spacial score (nSPS) is 14.3. The number of esters is 2. The van der Waals surface area contributed by atoms with Gasteiger partial charge in [0.2, 0.25) is 0 Å². The first-order chi connectivity index (χ1) is 25.7. The molecule has 0 aliphatic rings. The fraction of sp³-hybridized carbons (Fsp3) is 0.810. The van der Waals surface area contributed by atoms with Gasteiger partial charge in [-0.1, -0.05) is 159 Å². The Morgan fingerprint density at radius 2 is 1.04 bits per heavy atom. The van der Waals surface area contributed by atoms with E-state index in [1.807, 2.05) is 0 Å². The van der Waals surface area contributed by atoms with Gasteiger partial charge >= 0.3 is 19.8 Å². The lowest BCUT2D eigenvalue weighted by Crippen LogP contribution is -2.29.